The number of aromatic amines is 1. The molecule has 0 aliphatic carbocycles. The second-order valence-electron chi connectivity index (χ2n) is 11.1. The van der Waals surface area contributed by atoms with Gasteiger partial charge in [0, 0.05) is 16.8 Å². The molecule has 228 valence electrons. The molecular weight excluding hydrogens is 572 g/mol. The summed E-state index contributed by atoms with van der Waals surface area (Å²) in [6.45, 7) is 14.0. The van der Waals surface area contributed by atoms with Crippen molar-refractivity contribution in [2.45, 2.75) is 53.5 Å². The van der Waals surface area contributed by atoms with Crippen molar-refractivity contribution in [3.8, 4) is 11.6 Å². The van der Waals surface area contributed by atoms with E-state index in [0.717, 1.165) is 71.3 Å². The van der Waals surface area contributed by atoms with E-state index in [1.54, 1.807) is 6.07 Å². The summed E-state index contributed by atoms with van der Waals surface area (Å²) in [5.74, 6) is 2.19. The summed E-state index contributed by atoms with van der Waals surface area (Å²) in [7, 11) is 0. The van der Waals surface area contributed by atoms with Gasteiger partial charge in [0.15, 0.2) is 11.6 Å². The highest BCUT2D eigenvalue weighted by Gasteiger charge is 2.16. The average molecular weight is 611 g/mol. The molecule has 0 saturated heterocycles. The zero-order chi connectivity index (χ0) is 31.2. The first-order valence-electron chi connectivity index (χ1n) is 15.2. The number of nitrogens with one attached hydrogen (secondary N) is 2. The van der Waals surface area contributed by atoms with Crippen LogP contribution >= 0.6 is 11.6 Å². The molecule has 44 heavy (non-hydrogen) atoms. The predicted octanol–water partition coefficient (Wildman–Crippen LogP) is 8.16. The smallest absolute Gasteiger partial charge is 0.259 e. The van der Waals surface area contributed by atoms with Crippen LogP contribution < -0.4 is 10.9 Å². The fourth-order valence-electron chi connectivity index (χ4n) is 5.35. The van der Waals surface area contributed by atoms with Crippen LogP contribution in [0.15, 0.2) is 75.9 Å². The monoisotopic (exact) mass is 610 g/mol. The Kier molecular flexibility index (Phi) is 9.92. The molecule has 0 aliphatic rings. The first-order chi connectivity index (χ1) is 21.3. The molecule has 0 bridgehead atoms. The van der Waals surface area contributed by atoms with E-state index in [2.05, 4.69) is 66.1 Å². The van der Waals surface area contributed by atoms with Crippen LogP contribution in [0.25, 0.3) is 44.4 Å². The number of H-pyrrole nitrogens is 1. The van der Waals surface area contributed by atoms with Gasteiger partial charge in [-0.1, -0.05) is 56.3 Å². The van der Waals surface area contributed by atoms with Crippen molar-refractivity contribution in [2.75, 3.05) is 25.0 Å². The SMILES string of the molecule is CCN(CC)CCCC(C)Nc1nc(-c2cc3ccccc3o2)nc2c(C)cccc12.Cc1cccc2c(=O)[nH]c(Cl)nc12. The van der Waals surface area contributed by atoms with Gasteiger partial charge in [-0.2, -0.15) is 0 Å². The molecular formula is C35H39ClN6O2. The lowest BCUT2D eigenvalue weighted by molar-refractivity contribution is 0.295. The second kappa shape index (κ2) is 14.0. The quantitative estimate of drug-likeness (QED) is 0.159. The minimum Gasteiger partial charge on any atom is -0.453 e. The number of halogens is 1. The molecule has 1 atom stereocenters. The van der Waals surface area contributed by atoms with E-state index in [-0.39, 0.29) is 10.8 Å². The summed E-state index contributed by atoms with van der Waals surface area (Å²) >= 11 is 5.63. The lowest BCUT2D eigenvalue weighted by Crippen LogP contribution is -2.25. The number of para-hydroxylation sites is 3. The topological polar surface area (TPSA) is 99.9 Å². The van der Waals surface area contributed by atoms with Crippen molar-refractivity contribution in [1.82, 2.24) is 24.8 Å². The standard InChI is InChI=1S/C26H32N4O.C9H7ClN2O/c1-5-30(6-2)16-10-12-19(4)27-25-21-14-9-11-18(3)24(21)28-26(29-25)23-17-20-13-7-8-15-22(20)31-23;1-5-3-2-4-6-7(5)11-9(10)12-8(6)13/h7-9,11,13-15,17,19H,5-6,10,12,16H2,1-4H3,(H,27,28,29);2-4H,1H3,(H,11,12,13). The Balaban J connectivity index is 0.000000245. The van der Waals surface area contributed by atoms with Gasteiger partial charge < -0.3 is 14.6 Å². The number of nitrogens with zero attached hydrogens (tertiary/aromatic N) is 4. The van der Waals surface area contributed by atoms with Crippen molar-refractivity contribution in [3.05, 3.63) is 93.5 Å². The molecule has 6 rings (SSSR count). The van der Waals surface area contributed by atoms with Gasteiger partial charge in [-0.3, -0.25) is 9.78 Å². The van der Waals surface area contributed by atoms with Gasteiger partial charge in [0.25, 0.3) is 5.56 Å². The Hall–Kier alpha value is -4.27. The third-order valence-electron chi connectivity index (χ3n) is 7.87. The van der Waals surface area contributed by atoms with Crippen molar-refractivity contribution in [2.24, 2.45) is 0 Å². The largest absolute Gasteiger partial charge is 0.453 e. The lowest BCUT2D eigenvalue weighted by atomic mass is 10.1. The predicted molar refractivity (Wildman–Crippen MR) is 182 cm³/mol. The van der Waals surface area contributed by atoms with Crippen molar-refractivity contribution < 1.29 is 4.42 Å². The van der Waals surface area contributed by atoms with Gasteiger partial charge in [-0.05, 0) is 100 Å². The van der Waals surface area contributed by atoms with Gasteiger partial charge in [0.05, 0.1) is 16.4 Å². The van der Waals surface area contributed by atoms with Crippen LogP contribution in [-0.4, -0.2) is 50.5 Å². The molecule has 6 aromatic rings. The fraction of sp³-hybridized carbons (Fsp3) is 0.314. The molecule has 3 aromatic carbocycles. The summed E-state index contributed by atoms with van der Waals surface area (Å²) in [6.07, 6.45) is 2.25. The molecule has 2 N–H and O–H groups in total. The number of rotatable bonds is 9. The number of aryl methyl sites for hydroxylation is 2. The summed E-state index contributed by atoms with van der Waals surface area (Å²) in [4.78, 5) is 30.1. The highest BCUT2D eigenvalue weighted by Crippen LogP contribution is 2.31. The van der Waals surface area contributed by atoms with Crippen LogP contribution in [0.2, 0.25) is 5.28 Å². The van der Waals surface area contributed by atoms with Gasteiger partial charge in [-0.25, -0.2) is 15.0 Å². The number of anilines is 1. The van der Waals surface area contributed by atoms with Gasteiger partial charge in [0.1, 0.15) is 11.4 Å². The molecule has 0 aliphatic heterocycles. The highest BCUT2D eigenvalue weighted by atomic mass is 35.5. The fourth-order valence-corrected chi connectivity index (χ4v) is 5.52. The van der Waals surface area contributed by atoms with Crippen molar-refractivity contribution in [3.63, 3.8) is 0 Å². The highest BCUT2D eigenvalue weighted by molar-refractivity contribution is 6.28. The Labute approximate surface area is 262 Å². The third kappa shape index (κ3) is 7.09. The van der Waals surface area contributed by atoms with Crippen LogP contribution in [0.3, 0.4) is 0 Å². The Morgan fingerprint density at radius 2 is 1.59 bits per heavy atom. The van der Waals surface area contributed by atoms with E-state index in [9.17, 15) is 4.79 Å². The summed E-state index contributed by atoms with van der Waals surface area (Å²) in [6, 6.07) is 22.0. The van der Waals surface area contributed by atoms with Gasteiger partial charge in [-0.15, -0.1) is 0 Å². The number of furan rings is 1. The Bertz CT molecular complexity index is 1910. The molecule has 8 nitrogen and oxygen atoms in total. The number of fused-ring (bicyclic) bond motifs is 3. The maximum absolute atomic E-state index is 11.4. The second-order valence-corrected chi connectivity index (χ2v) is 11.4. The zero-order valence-electron chi connectivity index (χ0n) is 25.9. The van der Waals surface area contributed by atoms with Crippen molar-refractivity contribution >= 4 is 50.2 Å². The van der Waals surface area contributed by atoms with Crippen LogP contribution in [0.1, 0.15) is 44.7 Å². The Morgan fingerprint density at radius 1 is 0.909 bits per heavy atom. The average Bonchev–Trinajstić information content (AvgIpc) is 3.45. The number of aromatic nitrogens is 4. The van der Waals surface area contributed by atoms with E-state index in [0.29, 0.717) is 28.5 Å². The maximum Gasteiger partial charge on any atom is 0.259 e. The van der Waals surface area contributed by atoms with Gasteiger partial charge >= 0.3 is 0 Å². The van der Waals surface area contributed by atoms with E-state index >= 15 is 0 Å². The maximum atomic E-state index is 11.4. The summed E-state index contributed by atoms with van der Waals surface area (Å²) in [5.41, 5.74) is 4.37. The lowest BCUT2D eigenvalue weighted by Gasteiger charge is -2.20. The first kappa shape index (κ1) is 31.2. The van der Waals surface area contributed by atoms with E-state index < -0.39 is 0 Å². The van der Waals surface area contributed by atoms with Crippen LogP contribution in [-0.2, 0) is 0 Å². The summed E-state index contributed by atoms with van der Waals surface area (Å²) in [5, 5.41) is 6.47. The van der Waals surface area contributed by atoms with Crippen LogP contribution in [0, 0.1) is 13.8 Å². The van der Waals surface area contributed by atoms with E-state index in [4.69, 9.17) is 26.0 Å². The molecule has 0 radical (unpaired) electrons. The Morgan fingerprint density at radius 3 is 2.30 bits per heavy atom. The molecule has 0 amide bonds. The normalized spacial score (nSPS) is 12.1. The zero-order valence-corrected chi connectivity index (χ0v) is 26.7. The molecule has 3 aromatic heterocycles. The number of hydrogen-bond acceptors (Lipinski definition) is 7. The van der Waals surface area contributed by atoms with E-state index in [1.807, 2.05) is 49.4 Å². The van der Waals surface area contributed by atoms with Crippen molar-refractivity contribution in [1.29, 1.82) is 0 Å². The van der Waals surface area contributed by atoms with Gasteiger partial charge in [0.2, 0.25) is 5.28 Å². The van der Waals surface area contributed by atoms with Crippen LogP contribution in [0.5, 0.6) is 0 Å². The minimum atomic E-state index is -0.196. The number of hydrogen-bond donors (Lipinski definition) is 2. The molecule has 1 unspecified atom stereocenters. The molecule has 3 heterocycles. The first-order valence-corrected chi connectivity index (χ1v) is 15.6. The molecule has 0 spiro atoms. The summed E-state index contributed by atoms with van der Waals surface area (Å²) < 4.78 is 6.06. The minimum absolute atomic E-state index is 0.131. The number of benzene rings is 3. The van der Waals surface area contributed by atoms with E-state index in [1.165, 1.54) is 0 Å². The molecule has 0 saturated carbocycles. The molecule has 0 fully saturated rings. The van der Waals surface area contributed by atoms with Crippen LogP contribution in [0.4, 0.5) is 5.82 Å². The third-order valence-corrected chi connectivity index (χ3v) is 8.05. The molecule has 9 heteroatoms.